The number of benzene rings is 2. The van der Waals surface area contributed by atoms with Crippen molar-refractivity contribution in [3.8, 4) is 11.3 Å². The normalized spacial score (nSPS) is 13.5. The van der Waals surface area contributed by atoms with Crippen LogP contribution in [0.15, 0.2) is 61.3 Å². The van der Waals surface area contributed by atoms with Crippen molar-refractivity contribution in [1.29, 1.82) is 0 Å². The van der Waals surface area contributed by atoms with Gasteiger partial charge in [-0.25, -0.2) is 13.8 Å². The first kappa shape index (κ1) is 24.7. The van der Waals surface area contributed by atoms with Gasteiger partial charge in [-0.2, -0.15) is 0 Å². The van der Waals surface area contributed by atoms with Crippen LogP contribution in [0.2, 0.25) is 5.02 Å². The fourth-order valence-corrected chi connectivity index (χ4v) is 4.02. The zero-order valence-corrected chi connectivity index (χ0v) is 20.2. The highest BCUT2D eigenvalue weighted by Gasteiger charge is 2.19. The van der Waals surface area contributed by atoms with E-state index in [0.29, 0.717) is 21.8 Å². The van der Waals surface area contributed by atoms with Crippen LogP contribution in [-0.4, -0.2) is 41.0 Å². The van der Waals surface area contributed by atoms with Crippen molar-refractivity contribution in [1.82, 2.24) is 14.8 Å². The molecule has 2 aromatic carbocycles. The van der Waals surface area contributed by atoms with E-state index < -0.39 is 11.6 Å². The lowest BCUT2D eigenvalue weighted by molar-refractivity contribution is 0.215. The molecule has 0 aliphatic carbocycles. The molecule has 174 valence electrons. The molecule has 0 atom stereocenters. The summed E-state index contributed by atoms with van der Waals surface area (Å²) in [5.74, 6) is -1.31. The summed E-state index contributed by atoms with van der Waals surface area (Å²) in [5, 5.41) is 1.26. The highest BCUT2D eigenvalue weighted by Crippen LogP contribution is 2.31. The van der Waals surface area contributed by atoms with E-state index in [-0.39, 0.29) is 0 Å². The van der Waals surface area contributed by atoms with Gasteiger partial charge in [0.05, 0.1) is 16.2 Å². The Morgan fingerprint density at radius 1 is 0.939 bits per heavy atom. The van der Waals surface area contributed by atoms with E-state index in [1.54, 1.807) is 6.07 Å². The van der Waals surface area contributed by atoms with Gasteiger partial charge >= 0.3 is 0 Å². The van der Waals surface area contributed by atoms with Gasteiger partial charge in [0.1, 0.15) is 11.6 Å². The average Bonchev–Trinajstić information content (AvgIpc) is 2.78. The molecule has 0 amide bonds. The predicted octanol–water partition coefficient (Wildman–Crippen LogP) is 7.37. The van der Waals surface area contributed by atoms with Gasteiger partial charge in [-0.1, -0.05) is 57.2 Å². The van der Waals surface area contributed by atoms with E-state index in [1.807, 2.05) is 25.1 Å². The number of aromatic nitrogens is 1. The molecular formula is C27H30ClF2N3. The molecule has 0 radical (unpaired) electrons. The van der Waals surface area contributed by atoms with Crippen LogP contribution < -0.4 is 0 Å². The molecule has 0 N–H and O–H groups in total. The summed E-state index contributed by atoms with van der Waals surface area (Å²) in [6.45, 7) is 18.1. The first-order chi connectivity index (χ1) is 15.7. The molecule has 1 aromatic heterocycles. The third-order valence-corrected chi connectivity index (χ3v) is 5.76. The maximum absolute atomic E-state index is 13.7. The summed E-state index contributed by atoms with van der Waals surface area (Å²) in [6, 6.07) is 10.8. The molecule has 1 aliphatic heterocycles. The van der Waals surface area contributed by atoms with Gasteiger partial charge in [0, 0.05) is 54.6 Å². The molecule has 3 aromatic rings. The van der Waals surface area contributed by atoms with Crippen LogP contribution in [0.5, 0.6) is 0 Å². The third-order valence-electron chi connectivity index (χ3n) is 5.45. The number of piperazine rings is 1. The second kappa shape index (κ2) is 10.8. The van der Waals surface area contributed by atoms with Gasteiger partial charge in [0.2, 0.25) is 0 Å². The van der Waals surface area contributed by atoms with Crippen LogP contribution in [-0.2, 0) is 0 Å². The predicted molar refractivity (Wildman–Crippen MR) is 135 cm³/mol. The van der Waals surface area contributed by atoms with Gasteiger partial charge < -0.3 is 9.80 Å². The fourth-order valence-electron chi connectivity index (χ4n) is 3.76. The number of fused-ring (bicyclic) bond motifs is 1. The Labute approximate surface area is 200 Å². The largest absolute Gasteiger partial charge is 0.372 e. The molecule has 1 saturated heterocycles. The number of hydrogen-bond acceptors (Lipinski definition) is 3. The summed E-state index contributed by atoms with van der Waals surface area (Å²) in [7, 11) is 0. The smallest absolute Gasteiger partial charge is 0.126 e. The molecule has 6 heteroatoms. The zero-order valence-electron chi connectivity index (χ0n) is 19.5. The van der Waals surface area contributed by atoms with Crippen LogP contribution in [0.4, 0.5) is 8.78 Å². The van der Waals surface area contributed by atoms with E-state index in [0.717, 1.165) is 54.6 Å². The number of hydrogen-bond donors (Lipinski definition) is 0. The number of pyridine rings is 1. The summed E-state index contributed by atoms with van der Waals surface area (Å²) >= 11 is 6.44. The third kappa shape index (κ3) is 5.91. The minimum atomic E-state index is -0.654. The van der Waals surface area contributed by atoms with Crippen molar-refractivity contribution in [2.45, 2.75) is 27.2 Å². The Balaban J connectivity index is 0.000000968. The molecule has 0 unspecified atom stereocenters. The number of halogens is 3. The first-order valence-corrected chi connectivity index (χ1v) is 11.5. The number of rotatable bonds is 4. The van der Waals surface area contributed by atoms with Crippen LogP contribution in [0.25, 0.3) is 27.9 Å². The number of nitrogens with zero attached hydrogens (tertiary/aromatic N) is 3. The van der Waals surface area contributed by atoms with Crippen LogP contribution in [0.1, 0.15) is 32.8 Å². The fraction of sp³-hybridized carbons (Fsp3) is 0.296. The lowest BCUT2D eigenvalue weighted by atomic mass is 10.1. The Hall–Kier alpha value is -2.92. The molecule has 3 nitrogen and oxygen atoms in total. The summed E-state index contributed by atoms with van der Waals surface area (Å²) in [6.07, 6.45) is 1.25. The second-order valence-corrected chi connectivity index (χ2v) is 8.65. The van der Waals surface area contributed by atoms with Crippen LogP contribution in [0, 0.1) is 11.6 Å². The molecule has 1 aliphatic rings. The zero-order chi connectivity index (χ0) is 24.1. The highest BCUT2D eigenvalue weighted by molar-refractivity contribution is 6.35. The van der Waals surface area contributed by atoms with Gasteiger partial charge in [0.25, 0.3) is 0 Å². The molecule has 2 heterocycles. The van der Waals surface area contributed by atoms with Crippen molar-refractivity contribution in [3.05, 3.63) is 83.5 Å². The minimum Gasteiger partial charge on any atom is -0.372 e. The molecule has 0 spiro atoms. The lowest BCUT2D eigenvalue weighted by Crippen LogP contribution is -2.44. The van der Waals surface area contributed by atoms with Crippen molar-refractivity contribution in [2.75, 3.05) is 26.2 Å². The quantitative estimate of drug-likeness (QED) is 0.397. The van der Waals surface area contributed by atoms with Crippen molar-refractivity contribution in [2.24, 2.45) is 0 Å². The van der Waals surface area contributed by atoms with Crippen molar-refractivity contribution < 1.29 is 8.78 Å². The second-order valence-electron chi connectivity index (χ2n) is 8.24. The summed E-state index contributed by atoms with van der Waals surface area (Å²) in [5.41, 5.74) is 4.35. The van der Waals surface area contributed by atoms with E-state index in [2.05, 4.69) is 41.8 Å². The van der Waals surface area contributed by atoms with Crippen molar-refractivity contribution >= 4 is 28.2 Å². The number of allylic oxidation sites excluding steroid dienone is 1. The van der Waals surface area contributed by atoms with Crippen LogP contribution in [0.3, 0.4) is 0 Å². The average molecular weight is 470 g/mol. The maximum Gasteiger partial charge on any atom is 0.126 e. The molecule has 4 rings (SSSR count). The minimum absolute atomic E-state index is 0.344. The van der Waals surface area contributed by atoms with E-state index >= 15 is 0 Å². The van der Waals surface area contributed by atoms with E-state index in [1.165, 1.54) is 18.6 Å². The molecular weight excluding hydrogens is 440 g/mol. The Bertz CT molecular complexity index is 1150. The SMILES string of the molecule is C=C(C)N1CCN(C(=C)c2ccc3c(Cl)cc(-c4cc(F)cc(F)c4)nc3c2)CC1.CCC. The molecule has 0 bridgehead atoms. The van der Waals surface area contributed by atoms with Gasteiger partial charge in [-0.15, -0.1) is 0 Å². The van der Waals surface area contributed by atoms with Gasteiger partial charge in [-0.05, 0) is 36.8 Å². The molecule has 33 heavy (non-hydrogen) atoms. The van der Waals surface area contributed by atoms with Crippen molar-refractivity contribution in [3.63, 3.8) is 0 Å². The highest BCUT2D eigenvalue weighted by atomic mass is 35.5. The van der Waals surface area contributed by atoms with Gasteiger partial charge in [-0.3, -0.25) is 0 Å². The Morgan fingerprint density at radius 2 is 1.52 bits per heavy atom. The summed E-state index contributed by atoms with van der Waals surface area (Å²) in [4.78, 5) is 9.12. The van der Waals surface area contributed by atoms with E-state index in [9.17, 15) is 8.78 Å². The molecule has 0 saturated carbocycles. The Morgan fingerprint density at radius 3 is 2.09 bits per heavy atom. The van der Waals surface area contributed by atoms with Gasteiger partial charge in [0.15, 0.2) is 0 Å². The lowest BCUT2D eigenvalue weighted by Gasteiger charge is -2.38. The monoisotopic (exact) mass is 469 g/mol. The maximum atomic E-state index is 13.7. The topological polar surface area (TPSA) is 19.4 Å². The molecule has 1 fully saturated rings. The summed E-state index contributed by atoms with van der Waals surface area (Å²) < 4.78 is 27.3. The standard InChI is InChI=1S/C24H22ClF2N3.C3H8/c1-15(2)29-6-8-30(9-7-29)16(3)17-4-5-21-22(25)14-23(28-24(21)12-17)18-10-19(26)13-20(27)11-18;1-3-2/h4-5,10-14H,1,3,6-9H2,2H3;3H2,1-2H3. The van der Waals surface area contributed by atoms with E-state index in [4.69, 9.17) is 11.6 Å². The van der Waals surface area contributed by atoms with Crippen LogP contribution >= 0.6 is 11.6 Å². The first-order valence-electron chi connectivity index (χ1n) is 11.1. The Kier molecular flexibility index (Phi) is 8.09.